The molecule has 2 N–H and O–H groups in total. The number of likely N-dealkylation sites (tertiary alicyclic amines) is 1. The maximum Gasteiger partial charge on any atom is 0.282 e. The van der Waals surface area contributed by atoms with E-state index in [1.54, 1.807) is 0 Å². The fourth-order valence-corrected chi connectivity index (χ4v) is 3.53. The summed E-state index contributed by atoms with van der Waals surface area (Å²) < 4.78 is 25.5. The molecule has 0 radical (unpaired) electrons. The molecule has 0 unspecified atom stereocenters. The molecule has 16 heavy (non-hydrogen) atoms. The highest BCUT2D eigenvalue weighted by Gasteiger charge is 2.60. The number of hydrogen-bond acceptors (Lipinski definition) is 2. The van der Waals surface area contributed by atoms with E-state index in [1.165, 1.54) is 4.90 Å². The van der Waals surface area contributed by atoms with E-state index in [-0.39, 0.29) is 11.4 Å². The van der Waals surface area contributed by atoms with Crippen molar-refractivity contribution in [1.82, 2.24) is 4.90 Å². The van der Waals surface area contributed by atoms with Crippen LogP contribution in [0.3, 0.4) is 0 Å². The second-order valence-electron chi connectivity index (χ2n) is 5.84. The topological polar surface area (TPSA) is 46.3 Å². The summed E-state index contributed by atoms with van der Waals surface area (Å²) >= 11 is 0. The predicted molar refractivity (Wildman–Crippen MR) is 54.0 cm³/mol. The first-order chi connectivity index (χ1) is 7.34. The Morgan fingerprint density at radius 3 is 2.06 bits per heavy atom. The minimum absolute atomic E-state index is 0.0803. The molecule has 0 aromatic heterocycles. The third-order valence-electron chi connectivity index (χ3n) is 4.48. The Hall–Kier alpha value is -0.710. The van der Waals surface area contributed by atoms with Gasteiger partial charge in [-0.05, 0) is 32.1 Å². The Bertz CT molecular complexity index is 340. The fourth-order valence-electron chi connectivity index (χ4n) is 3.53. The summed E-state index contributed by atoms with van der Waals surface area (Å²) in [6, 6.07) is 0. The van der Waals surface area contributed by atoms with Crippen LogP contribution in [0.25, 0.3) is 0 Å². The van der Waals surface area contributed by atoms with Crippen LogP contribution < -0.4 is 5.73 Å². The van der Waals surface area contributed by atoms with Gasteiger partial charge in [0.15, 0.2) is 0 Å². The number of nitrogens with two attached hydrogens (primary N) is 1. The van der Waals surface area contributed by atoms with Gasteiger partial charge in [0.25, 0.3) is 5.92 Å². The van der Waals surface area contributed by atoms with Crippen molar-refractivity contribution in [1.29, 1.82) is 0 Å². The maximum absolute atomic E-state index is 12.7. The average Bonchev–Trinajstić information content (AvgIpc) is 2.67. The van der Waals surface area contributed by atoms with Crippen LogP contribution in [0.2, 0.25) is 0 Å². The van der Waals surface area contributed by atoms with Crippen molar-refractivity contribution < 1.29 is 13.6 Å². The number of fused-ring (bicyclic) bond motifs is 2. The Kier molecular flexibility index (Phi) is 1.80. The van der Waals surface area contributed by atoms with Gasteiger partial charge in [0.1, 0.15) is 0 Å². The van der Waals surface area contributed by atoms with Crippen molar-refractivity contribution >= 4 is 5.91 Å². The van der Waals surface area contributed by atoms with Gasteiger partial charge in [-0.25, -0.2) is 8.78 Å². The van der Waals surface area contributed by atoms with Crippen molar-refractivity contribution in [2.75, 3.05) is 13.1 Å². The molecule has 3 aliphatic rings. The zero-order valence-electron chi connectivity index (χ0n) is 9.14. The normalized spacial score (nSPS) is 44.6. The Balaban J connectivity index is 1.73. The maximum atomic E-state index is 12.7. The van der Waals surface area contributed by atoms with E-state index in [2.05, 4.69) is 0 Å². The van der Waals surface area contributed by atoms with Crippen molar-refractivity contribution in [2.45, 2.75) is 43.6 Å². The quantitative estimate of drug-likeness (QED) is 0.734. The standard InChI is InChI=1S/C11H16F2N2O/c12-11(13)6-15(7-11)8(16)9-1-3-10(14,5-9)4-2-9/h1-7,14H2. The van der Waals surface area contributed by atoms with Gasteiger partial charge in [-0.3, -0.25) is 4.79 Å². The lowest BCUT2D eigenvalue weighted by atomic mass is 9.81. The molecule has 2 saturated carbocycles. The van der Waals surface area contributed by atoms with Gasteiger partial charge in [0.2, 0.25) is 5.91 Å². The molecule has 0 spiro atoms. The van der Waals surface area contributed by atoms with Crippen LogP contribution in [0.4, 0.5) is 8.78 Å². The van der Waals surface area contributed by atoms with Crippen LogP contribution in [0.1, 0.15) is 32.1 Å². The molecule has 0 aromatic rings. The summed E-state index contributed by atoms with van der Waals surface area (Å²) in [4.78, 5) is 13.5. The Morgan fingerprint density at radius 2 is 1.69 bits per heavy atom. The van der Waals surface area contributed by atoms with Crippen molar-refractivity contribution in [3.63, 3.8) is 0 Å². The Labute approximate surface area is 93.0 Å². The minimum Gasteiger partial charge on any atom is -0.330 e. The number of nitrogens with zero attached hydrogens (tertiary/aromatic N) is 1. The lowest BCUT2D eigenvalue weighted by Gasteiger charge is -2.43. The highest BCUT2D eigenvalue weighted by Crippen LogP contribution is 2.56. The van der Waals surface area contributed by atoms with E-state index in [0.29, 0.717) is 6.42 Å². The first-order valence-electron chi connectivity index (χ1n) is 5.81. The molecule has 0 atom stereocenters. The Morgan fingerprint density at radius 1 is 1.12 bits per heavy atom. The SMILES string of the molecule is NC12CCC(C(=O)N3CC(F)(F)C3)(CC1)C2. The average molecular weight is 230 g/mol. The van der Waals surface area contributed by atoms with Gasteiger partial charge in [0.05, 0.1) is 18.5 Å². The first-order valence-corrected chi connectivity index (χ1v) is 5.81. The van der Waals surface area contributed by atoms with Crippen LogP contribution in [0.15, 0.2) is 0 Å². The van der Waals surface area contributed by atoms with E-state index in [9.17, 15) is 13.6 Å². The molecule has 0 aromatic carbocycles. The lowest BCUT2D eigenvalue weighted by molar-refractivity contribution is -0.175. The van der Waals surface area contributed by atoms with Crippen LogP contribution in [0, 0.1) is 5.41 Å². The second kappa shape index (κ2) is 2.75. The number of carbonyl (C=O) groups is 1. The van der Waals surface area contributed by atoms with Gasteiger partial charge < -0.3 is 10.6 Å². The summed E-state index contributed by atoms with van der Waals surface area (Å²) in [5.41, 5.74) is 5.53. The van der Waals surface area contributed by atoms with Gasteiger partial charge >= 0.3 is 0 Å². The second-order valence-corrected chi connectivity index (χ2v) is 5.84. The van der Waals surface area contributed by atoms with E-state index in [1.807, 2.05) is 0 Å². The summed E-state index contributed by atoms with van der Waals surface area (Å²) in [5, 5.41) is 0. The van der Waals surface area contributed by atoms with Crippen LogP contribution in [0.5, 0.6) is 0 Å². The van der Waals surface area contributed by atoms with E-state index >= 15 is 0 Å². The molecule has 1 heterocycles. The third-order valence-corrected chi connectivity index (χ3v) is 4.48. The molecule has 1 aliphatic heterocycles. The number of hydrogen-bond donors (Lipinski definition) is 1. The molecule has 1 saturated heterocycles. The van der Waals surface area contributed by atoms with Crippen LogP contribution in [-0.4, -0.2) is 35.4 Å². The van der Waals surface area contributed by atoms with Crippen LogP contribution >= 0.6 is 0 Å². The van der Waals surface area contributed by atoms with E-state index in [4.69, 9.17) is 5.73 Å². The van der Waals surface area contributed by atoms with Crippen molar-refractivity contribution in [3.05, 3.63) is 0 Å². The molecule has 1 amide bonds. The molecule has 3 fully saturated rings. The third kappa shape index (κ3) is 1.30. The van der Waals surface area contributed by atoms with E-state index in [0.717, 1.165) is 25.7 Å². The summed E-state index contributed by atoms with van der Waals surface area (Å²) in [5.74, 6) is -2.74. The largest absolute Gasteiger partial charge is 0.330 e. The molecular weight excluding hydrogens is 214 g/mol. The van der Waals surface area contributed by atoms with Crippen molar-refractivity contribution in [3.8, 4) is 0 Å². The van der Waals surface area contributed by atoms with Gasteiger partial charge in [-0.15, -0.1) is 0 Å². The molecule has 3 nitrogen and oxygen atoms in total. The summed E-state index contributed by atoms with van der Waals surface area (Å²) in [6.07, 6.45) is 3.99. The molecule has 2 bridgehead atoms. The zero-order chi connectivity index (χ0) is 11.6. The molecular formula is C11H16F2N2O. The van der Waals surface area contributed by atoms with Crippen LogP contribution in [-0.2, 0) is 4.79 Å². The number of halogens is 2. The molecule has 3 rings (SSSR count). The first kappa shape index (κ1) is 10.4. The number of rotatable bonds is 1. The van der Waals surface area contributed by atoms with Crippen molar-refractivity contribution in [2.24, 2.45) is 11.1 Å². The van der Waals surface area contributed by atoms with Gasteiger partial charge in [-0.1, -0.05) is 0 Å². The number of carbonyl (C=O) groups excluding carboxylic acids is 1. The number of amides is 1. The van der Waals surface area contributed by atoms with Gasteiger partial charge in [0, 0.05) is 5.54 Å². The van der Waals surface area contributed by atoms with Gasteiger partial charge in [-0.2, -0.15) is 0 Å². The van der Waals surface area contributed by atoms with E-state index < -0.39 is 24.4 Å². The lowest BCUT2D eigenvalue weighted by Crippen LogP contribution is -2.61. The minimum atomic E-state index is -2.66. The highest BCUT2D eigenvalue weighted by atomic mass is 19.3. The zero-order valence-corrected chi connectivity index (χ0v) is 9.14. The highest BCUT2D eigenvalue weighted by molar-refractivity contribution is 5.85. The smallest absolute Gasteiger partial charge is 0.282 e. The summed E-state index contributed by atoms with van der Waals surface area (Å²) in [7, 11) is 0. The molecule has 5 heteroatoms. The predicted octanol–water partition coefficient (Wildman–Crippen LogP) is 1.13. The molecule has 90 valence electrons. The summed E-state index contributed by atoms with van der Waals surface area (Å²) in [6.45, 7) is -0.795. The fraction of sp³-hybridized carbons (Fsp3) is 0.909. The number of alkyl halides is 2. The monoisotopic (exact) mass is 230 g/mol. The molecule has 2 aliphatic carbocycles.